The first kappa shape index (κ1) is 21.8. The fourth-order valence-electron chi connectivity index (χ4n) is 3.17. The number of rotatable bonds is 7. The lowest BCUT2D eigenvalue weighted by Gasteiger charge is -2.21. The summed E-state index contributed by atoms with van der Waals surface area (Å²) < 4.78 is 14.9. The van der Waals surface area contributed by atoms with Gasteiger partial charge in [0.15, 0.2) is 0 Å². The number of aromatic amines is 1. The number of likely N-dealkylation sites (N-methyl/N-ethyl adjacent to an activating group) is 1. The molecule has 1 amide bonds. The van der Waals surface area contributed by atoms with Crippen LogP contribution >= 0.6 is 0 Å². The van der Waals surface area contributed by atoms with Gasteiger partial charge in [-0.3, -0.25) is 19.1 Å². The SMILES string of the molecule is Cc1ccc(CNC(=O)CN(C)c2c(N)n(Cc3ccccc3)c(=O)[nH]c2=O)cc1F. The summed E-state index contributed by atoms with van der Waals surface area (Å²) in [4.78, 5) is 40.6. The normalized spacial score (nSPS) is 10.7. The maximum atomic E-state index is 13.6. The molecular weight excluding hydrogens is 401 g/mol. The van der Waals surface area contributed by atoms with Crippen LogP contribution in [0.25, 0.3) is 0 Å². The van der Waals surface area contributed by atoms with Crippen molar-refractivity contribution >= 4 is 17.4 Å². The van der Waals surface area contributed by atoms with Crippen molar-refractivity contribution in [3.63, 3.8) is 0 Å². The molecule has 1 heterocycles. The Morgan fingerprint density at radius 2 is 1.87 bits per heavy atom. The van der Waals surface area contributed by atoms with E-state index in [-0.39, 0.29) is 42.9 Å². The zero-order valence-electron chi connectivity index (χ0n) is 17.3. The Morgan fingerprint density at radius 1 is 1.16 bits per heavy atom. The molecule has 0 aliphatic carbocycles. The molecule has 8 nitrogen and oxygen atoms in total. The molecule has 0 fully saturated rings. The number of anilines is 2. The van der Waals surface area contributed by atoms with E-state index in [2.05, 4.69) is 10.3 Å². The molecule has 2 aromatic carbocycles. The summed E-state index contributed by atoms with van der Waals surface area (Å²) in [5, 5.41) is 2.68. The second-order valence-corrected chi connectivity index (χ2v) is 7.28. The van der Waals surface area contributed by atoms with Gasteiger partial charge in [-0.25, -0.2) is 9.18 Å². The van der Waals surface area contributed by atoms with Crippen molar-refractivity contribution in [2.45, 2.75) is 20.0 Å². The fraction of sp³-hybridized carbons (Fsp3) is 0.227. The topological polar surface area (TPSA) is 113 Å². The van der Waals surface area contributed by atoms with Crippen molar-refractivity contribution in [2.75, 3.05) is 24.2 Å². The van der Waals surface area contributed by atoms with E-state index in [0.29, 0.717) is 11.1 Å². The number of amides is 1. The number of nitrogen functional groups attached to an aromatic ring is 1. The molecule has 4 N–H and O–H groups in total. The van der Waals surface area contributed by atoms with Crippen LogP contribution in [0.1, 0.15) is 16.7 Å². The molecule has 0 saturated carbocycles. The molecule has 0 unspecified atom stereocenters. The Balaban J connectivity index is 1.74. The largest absolute Gasteiger partial charge is 0.383 e. The van der Waals surface area contributed by atoms with Crippen LogP contribution in [0.2, 0.25) is 0 Å². The van der Waals surface area contributed by atoms with Gasteiger partial charge in [-0.15, -0.1) is 0 Å². The van der Waals surface area contributed by atoms with Gasteiger partial charge in [-0.05, 0) is 29.7 Å². The predicted octanol–water partition coefficient (Wildman–Crippen LogP) is 1.37. The number of benzene rings is 2. The smallest absolute Gasteiger partial charge is 0.330 e. The second-order valence-electron chi connectivity index (χ2n) is 7.28. The minimum atomic E-state index is -0.678. The molecule has 0 spiro atoms. The molecule has 0 radical (unpaired) electrons. The third-order valence-electron chi connectivity index (χ3n) is 4.89. The minimum absolute atomic E-state index is 0.0204. The fourth-order valence-corrected chi connectivity index (χ4v) is 3.17. The summed E-state index contributed by atoms with van der Waals surface area (Å²) in [5.74, 6) is -0.763. The molecule has 0 saturated heterocycles. The first-order chi connectivity index (χ1) is 14.8. The van der Waals surface area contributed by atoms with Gasteiger partial charge < -0.3 is 16.0 Å². The summed E-state index contributed by atoms with van der Waals surface area (Å²) in [6.07, 6.45) is 0. The molecule has 0 aliphatic heterocycles. The molecule has 3 aromatic rings. The van der Waals surface area contributed by atoms with Crippen LogP contribution in [0.4, 0.5) is 15.9 Å². The van der Waals surface area contributed by atoms with Gasteiger partial charge >= 0.3 is 5.69 Å². The number of H-pyrrole nitrogens is 1. The van der Waals surface area contributed by atoms with Crippen LogP contribution in [-0.2, 0) is 17.9 Å². The molecule has 0 aliphatic rings. The minimum Gasteiger partial charge on any atom is -0.383 e. The molecule has 1 aromatic heterocycles. The molecular formula is C22H24FN5O3. The van der Waals surface area contributed by atoms with Crippen LogP contribution < -0.4 is 27.2 Å². The zero-order chi connectivity index (χ0) is 22.5. The van der Waals surface area contributed by atoms with Gasteiger partial charge in [-0.2, -0.15) is 0 Å². The highest BCUT2D eigenvalue weighted by Crippen LogP contribution is 2.16. The van der Waals surface area contributed by atoms with E-state index in [9.17, 15) is 18.8 Å². The van der Waals surface area contributed by atoms with Crippen molar-refractivity contribution < 1.29 is 9.18 Å². The van der Waals surface area contributed by atoms with Gasteiger partial charge in [0.2, 0.25) is 5.91 Å². The number of carbonyl (C=O) groups excluding carboxylic acids is 1. The van der Waals surface area contributed by atoms with E-state index < -0.39 is 11.2 Å². The summed E-state index contributed by atoms with van der Waals surface area (Å²) in [6, 6.07) is 13.9. The maximum absolute atomic E-state index is 13.6. The van der Waals surface area contributed by atoms with Crippen molar-refractivity contribution in [1.29, 1.82) is 0 Å². The van der Waals surface area contributed by atoms with Crippen LogP contribution in [0, 0.1) is 12.7 Å². The van der Waals surface area contributed by atoms with Crippen molar-refractivity contribution in [3.05, 3.63) is 91.9 Å². The Kier molecular flexibility index (Phi) is 6.54. The third-order valence-corrected chi connectivity index (χ3v) is 4.89. The average molecular weight is 425 g/mol. The van der Waals surface area contributed by atoms with Crippen LogP contribution in [-0.4, -0.2) is 29.1 Å². The highest BCUT2D eigenvalue weighted by atomic mass is 19.1. The van der Waals surface area contributed by atoms with Gasteiger partial charge in [0.05, 0.1) is 13.1 Å². The standard InChI is InChI=1S/C22H24FN5O3/c1-14-8-9-16(10-17(14)23)11-25-18(29)13-27(2)19-20(24)28(22(31)26-21(19)30)12-15-6-4-3-5-7-15/h3-10H,11-13,24H2,1-2H3,(H,25,29)(H,26,30,31). The summed E-state index contributed by atoms with van der Waals surface area (Å²) >= 11 is 0. The summed E-state index contributed by atoms with van der Waals surface area (Å²) in [7, 11) is 1.53. The van der Waals surface area contributed by atoms with Crippen LogP contribution in [0.5, 0.6) is 0 Å². The zero-order valence-corrected chi connectivity index (χ0v) is 17.3. The van der Waals surface area contributed by atoms with Crippen LogP contribution in [0.15, 0.2) is 58.1 Å². The molecule has 0 atom stereocenters. The summed E-state index contributed by atoms with van der Waals surface area (Å²) in [6.45, 7) is 1.80. The van der Waals surface area contributed by atoms with Gasteiger partial charge in [0.25, 0.3) is 5.56 Å². The molecule has 0 bridgehead atoms. The van der Waals surface area contributed by atoms with E-state index in [4.69, 9.17) is 5.73 Å². The molecule has 3 rings (SSSR count). The second kappa shape index (κ2) is 9.29. The number of nitrogens with two attached hydrogens (primary N) is 1. The maximum Gasteiger partial charge on any atom is 0.330 e. The van der Waals surface area contributed by atoms with E-state index in [1.807, 2.05) is 30.3 Å². The Hall–Kier alpha value is -3.88. The molecule has 31 heavy (non-hydrogen) atoms. The van der Waals surface area contributed by atoms with E-state index in [0.717, 1.165) is 5.56 Å². The number of nitrogens with one attached hydrogen (secondary N) is 2. The summed E-state index contributed by atoms with van der Waals surface area (Å²) in [5.41, 5.74) is 6.82. The lowest BCUT2D eigenvalue weighted by Crippen LogP contribution is -2.41. The van der Waals surface area contributed by atoms with Gasteiger partial charge in [-0.1, -0.05) is 42.5 Å². The number of carbonyl (C=O) groups is 1. The van der Waals surface area contributed by atoms with E-state index >= 15 is 0 Å². The van der Waals surface area contributed by atoms with Crippen LogP contribution in [0.3, 0.4) is 0 Å². The number of halogens is 1. The average Bonchev–Trinajstić information content (AvgIpc) is 2.72. The molecule has 9 heteroatoms. The number of hydrogen-bond donors (Lipinski definition) is 3. The Labute approximate surface area is 178 Å². The first-order valence-corrected chi connectivity index (χ1v) is 9.65. The Bertz CT molecular complexity index is 1200. The lowest BCUT2D eigenvalue weighted by molar-refractivity contribution is -0.119. The number of hydrogen-bond acceptors (Lipinski definition) is 5. The number of aromatic nitrogens is 2. The Morgan fingerprint density at radius 3 is 2.55 bits per heavy atom. The van der Waals surface area contributed by atoms with E-state index in [1.54, 1.807) is 19.1 Å². The lowest BCUT2D eigenvalue weighted by atomic mass is 10.1. The van der Waals surface area contributed by atoms with Gasteiger partial charge in [0, 0.05) is 13.6 Å². The van der Waals surface area contributed by atoms with Crippen molar-refractivity contribution in [3.8, 4) is 0 Å². The highest BCUT2D eigenvalue weighted by Gasteiger charge is 2.18. The monoisotopic (exact) mass is 425 g/mol. The van der Waals surface area contributed by atoms with Crippen molar-refractivity contribution in [1.82, 2.24) is 14.9 Å². The number of nitrogens with zero attached hydrogens (tertiary/aromatic N) is 2. The predicted molar refractivity (Wildman–Crippen MR) is 118 cm³/mol. The first-order valence-electron chi connectivity index (χ1n) is 9.65. The van der Waals surface area contributed by atoms with E-state index in [1.165, 1.54) is 22.6 Å². The molecule has 162 valence electrons. The third kappa shape index (κ3) is 5.19. The number of aryl methyl sites for hydroxylation is 1. The van der Waals surface area contributed by atoms with Crippen molar-refractivity contribution in [2.24, 2.45) is 0 Å². The highest BCUT2D eigenvalue weighted by molar-refractivity contribution is 5.82. The van der Waals surface area contributed by atoms with Gasteiger partial charge in [0.1, 0.15) is 17.3 Å². The quantitative estimate of drug-likeness (QED) is 0.529.